The highest BCUT2D eigenvalue weighted by Crippen LogP contribution is 2.63. The summed E-state index contributed by atoms with van der Waals surface area (Å²) in [7, 11) is 0. The number of nitrogens with zero attached hydrogens (tertiary/aromatic N) is 2. The van der Waals surface area contributed by atoms with Gasteiger partial charge in [-0.3, -0.25) is 0 Å². The molecule has 3 aromatic carbocycles. The smallest absolute Gasteiger partial charge is 0.346 e. The number of benzene rings is 3. The van der Waals surface area contributed by atoms with E-state index in [0.717, 1.165) is 17.4 Å². The number of hydrogen-bond donors (Lipinski definition) is 1. The van der Waals surface area contributed by atoms with Crippen LogP contribution in [0, 0.1) is 23.2 Å². The van der Waals surface area contributed by atoms with Crippen molar-refractivity contribution in [2.45, 2.75) is 31.2 Å². The lowest BCUT2D eigenvalue weighted by Gasteiger charge is -2.33. The molecule has 1 N–H and O–H groups in total. The van der Waals surface area contributed by atoms with Gasteiger partial charge in [0.05, 0.1) is 9.40 Å². The molecule has 4 heterocycles. The Balaban J connectivity index is 1.06. The molecule has 4 unspecified atom stereocenters. The number of carbonyl (C=O) groups is 1. The van der Waals surface area contributed by atoms with E-state index in [-0.39, 0.29) is 5.57 Å². The summed E-state index contributed by atoms with van der Waals surface area (Å²) >= 11 is 5.58. The van der Waals surface area contributed by atoms with Crippen molar-refractivity contribution >= 4 is 76.2 Å². The maximum Gasteiger partial charge on any atom is 0.346 e. The van der Waals surface area contributed by atoms with E-state index in [9.17, 15) is 4.79 Å². The minimum Gasteiger partial charge on any atom is -0.477 e. The third-order valence-electron chi connectivity index (χ3n) is 9.81. The maximum absolute atomic E-state index is 11.2. The SMILES string of the molecule is N#C/C(=C\c1ccc(-c2cc3sc4cc(-c5ccc6c(c5)C5C7CCC(C7)C5N6c5ccccc5)sc4c3s2)cc1)C(=O)O. The van der Waals surface area contributed by atoms with Crippen LogP contribution in [0.15, 0.2) is 90.5 Å². The Labute approximate surface area is 266 Å². The standard InChI is InChI=1S/C37H26N2O2S3/c38-19-25(37(40)41)14-20-6-8-21(9-7-20)29-17-31-35(43-29)36-32(42-31)18-30(44-36)22-12-13-28-27(16-22)33-23-10-11-24(15-23)34(33)39(28)26-4-2-1-3-5-26/h1-9,12-14,16-18,23-24,33-34H,10-11,15H2,(H,40,41)/b25-14+. The summed E-state index contributed by atoms with van der Waals surface area (Å²) in [5, 5.41) is 18.2. The van der Waals surface area contributed by atoms with E-state index in [1.165, 1.54) is 70.8 Å². The highest BCUT2D eigenvalue weighted by atomic mass is 32.1. The molecule has 3 aliphatic rings. The Bertz CT molecular complexity index is 2180. The Hall–Kier alpha value is -4.22. The molecule has 4 atom stereocenters. The largest absolute Gasteiger partial charge is 0.477 e. The van der Waals surface area contributed by atoms with Gasteiger partial charge in [-0.1, -0.05) is 48.5 Å². The van der Waals surface area contributed by atoms with Gasteiger partial charge in [-0.2, -0.15) is 5.26 Å². The van der Waals surface area contributed by atoms with Gasteiger partial charge < -0.3 is 10.0 Å². The Kier molecular flexibility index (Phi) is 5.90. The summed E-state index contributed by atoms with van der Waals surface area (Å²) in [6, 6.07) is 33.0. The molecule has 44 heavy (non-hydrogen) atoms. The number of carboxylic acid groups (broad SMARTS) is 1. The highest BCUT2D eigenvalue weighted by Gasteiger charge is 2.55. The van der Waals surface area contributed by atoms with Crippen molar-refractivity contribution in [2.24, 2.45) is 11.8 Å². The Morgan fingerprint density at radius 3 is 2.23 bits per heavy atom. The van der Waals surface area contributed by atoms with Crippen LogP contribution in [0.1, 0.15) is 36.3 Å². The molecule has 6 aromatic rings. The van der Waals surface area contributed by atoms with E-state index >= 15 is 0 Å². The summed E-state index contributed by atoms with van der Waals surface area (Å²) in [4.78, 5) is 16.4. The topological polar surface area (TPSA) is 64.3 Å². The summed E-state index contributed by atoms with van der Waals surface area (Å²) in [6.07, 6.45) is 5.52. The molecular weight excluding hydrogens is 601 g/mol. The van der Waals surface area contributed by atoms with Crippen molar-refractivity contribution in [3.8, 4) is 27.0 Å². The van der Waals surface area contributed by atoms with Gasteiger partial charge in [0, 0.05) is 42.5 Å². The zero-order valence-electron chi connectivity index (χ0n) is 23.6. The van der Waals surface area contributed by atoms with Crippen molar-refractivity contribution < 1.29 is 9.90 Å². The molecule has 3 aromatic heterocycles. The fraction of sp³-hybridized carbons (Fsp3) is 0.189. The van der Waals surface area contributed by atoms with Crippen LogP contribution in [-0.2, 0) is 4.79 Å². The highest BCUT2D eigenvalue weighted by molar-refractivity contribution is 7.40. The first-order valence-corrected chi connectivity index (χ1v) is 17.4. The second kappa shape index (κ2) is 9.90. The molecule has 7 heteroatoms. The van der Waals surface area contributed by atoms with Crippen LogP contribution in [0.25, 0.3) is 45.8 Å². The van der Waals surface area contributed by atoms with E-state index in [0.29, 0.717) is 17.5 Å². The zero-order valence-corrected chi connectivity index (χ0v) is 26.0. The van der Waals surface area contributed by atoms with Crippen molar-refractivity contribution in [1.29, 1.82) is 5.26 Å². The first-order valence-electron chi connectivity index (χ1n) is 15.0. The minimum absolute atomic E-state index is 0.266. The third kappa shape index (κ3) is 3.95. The number of hydrogen-bond acceptors (Lipinski definition) is 6. The first-order chi connectivity index (χ1) is 21.6. The van der Waals surface area contributed by atoms with Gasteiger partial charge in [-0.25, -0.2) is 4.79 Å². The fourth-order valence-corrected chi connectivity index (χ4v) is 12.0. The molecule has 0 radical (unpaired) electrons. The van der Waals surface area contributed by atoms with Gasteiger partial charge in [-0.15, -0.1) is 34.0 Å². The number of carboxylic acids is 1. The van der Waals surface area contributed by atoms with Crippen LogP contribution in [0.2, 0.25) is 0 Å². The van der Waals surface area contributed by atoms with Crippen LogP contribution in [-0.4, -0.2) is 17.1 Å². The molecule has 2 aliphatic carbocycles. The molecule has 214 valence electrons. The zero-order chi connectivity index (χ0) is 29.5. The lowest BCUT2D eigenvalue weighted by Crippen LogP contribution is -2.35. The van der Waals surface area contributed by atoms with Gasteiger partial charge in [0.25, 0.3) is 0 Å². The van der Waals surface area contributed by atoms with Gasteiger partial charge in [0.1, 0.15) is 11.6 Å². The summed E-state index contributed by atoms with van der Waals surface area (Å²) in [5.74, 6) is 1.02. The van der Waals surface area contributed by atoms with Crippen LogP contribution in [0.3, 0.4) is 0 Å². The number of thiophene rings is 3. The van der Waals surface area contributed by atoms with E-state index in [4.69, 9.17) is 10.4 Å². The number of aliphatic carboxylic acids is 1. The Morgan fingerprint density at radius 2 is 1.52 bits per heavy atom. The van der Waals surface area contributed by atoms with Gasteiger partial charge in [0.15, 0.2) is 0 Å². The van der Waals surface area contributed by atoms with Crippen LogP contribution < -0.4 is 4.90 Å². The minimum atomic E-state index is -1.21. The number of fused-ring (bicyclic) bond motifs is 10. The molecule has 2 saturated carbocycles. The van der Waals surface area contributed by atoms with Crippen LogP contribution in [0.4, 0.5) is 11.4 Å². The van der Waals surface area contributed by atoms with Gasteiger partial charge in [-0.05, 0) is 95.8 Å². The third-order valence-corrected chi connectivity index (χ3v) is 13.7. The van der Waals surface area contributed by atoms with E-state index < -0.39 is 5.97 Å². The van der Waals surface area contributed by atoms with Crippen molar-refractivity contribution in [3.05, 3.63) is 102 Å². The lowest BCUT2D eigenvalue weighted by molar-refractivity contribution is -0.132. The quantitative estimate of drug-likeness (QED) is 0.153. The predicted octanol–water partition coefficient (Wildman–Crippen LogP) is 10.5. The van der Waals surface area contributed by atoms with Crippen LogP contribution >= 0.6 is 34.0 Å². The molecular formula is C37H26N2O2S3. The Morgan fingerprint density at radius 1 is 0.841 bits per heavy atom. The number of para-hydroxylation sites is 1. The summed E-state index contributed by atoms with van der Waals surface area (Å²) in [5.41, 5.74) is 7.15. The van der Waals surface area contributed by atoms with Crippen LogP contribution in [0.5, 0.6) is 0 Å². The number of anilines is 2. The molecule has 4 nitrogen and oxygen atoms in total. The molecule has 2 fully saturated rings. The van der Waals surface area contributed by atoms with Crippen molar-refractivity contribution in [1.82, 2.24) is 0 Å². The number of rotatable bonds is 5. The molecule has 0 saturated heterocycles. The molecule has 1 aliphatic heterocycles. The monoisotopic (exact) mass is 626 g/mol. The maximum atomic E-state index is 11.2. The molecule has 2 bridgehead atoms. The molecule has 9 rings (SSSR count). The second-order valence-corrected chi connectivity index (χ2v) is 15.3. The second-order valence-electron chi connectivity index (χ2n) is 12.1. The summed E-state index contributed by atoms with van der Waals surface area (Å²) in [6.45, 7) is 0. The average molecular weight is 627 g/mol. The number of nitriles is 1. The van der Waals surface area contributed by atoms with Gasteiger partial charge >= 0.3 is 5.97 Å². The van der Waals surface area contributed by atoms with Crippen molar-refractivity contribution in [3.63, 3.8) is 0 Å². The average Bonchev–Trinajstić information content (AvgIpc) is 3.88. The first kappa shape index (κ1) is 26.2. The van der Waals surface area contributed by atoms with E-state index in [2.05, 4.69) is 65.6 Å². The molecule has 0 amide bonds. The van der Waals surface area contributed by atoms with Gasteiger partial charge in [0.2, 0.25) is 0 Å². The van der Waals surface area contributed by atoms with E-state index in [1.54, 1.807) is 11.6 Å². The van der Waals surface area contributed by atoms with E-state index in [1.807, 2.05) is 58.3 Å². The summed E-state index contributed by atoms with van der Waals surface area (Å²) < 4.78 is 5.35. The molecule has 0 spiro atoms. The normalized spacial score (nSPS) is 22.1. The van der Waals surface area contributed by atoms with Crippen molar-refractivity contribution in [2.75, 3.05) is 4.90 Å². The fourth-order valence-electron chi connectivity index (χ4n) is 8.00. The predicted molar refractivity (Wildman–Crippen MR) is 183 cm³/mol. The lowest BCUT2D eigenvalue weighted by atomic mass is 9.82.